The third-order valence-corrected chi connectivity index (χ3v) is 2.66. The van der Waals surface area contributed by atoms with E-state index in [1.807, 2.05) is 35.3 Å². The Morgan fingerprint density at radius 1 is 1.15 bits per heavy atom. The number of H-pyrrole nitrogens is 2. The maximum atomic E-state index is 11.4. The van der Waals surface area contributed by atoms with Crippen LogP contribution in [-0.4, -0.2) is 21.4 Å². The van der Waals surface area contributed by atoms with Crippen molar-refractivity contribution in [1.82, 2.24) is 9.97 Å². The van der Waals surface area contributed by atoms with Gasteiger partial charge in [0.25, 0.3) is 0 Å². The van der Waals surface area contributed by atoms with Crippen LogP contribution in [-0.2, 0) is 6.42 Å². The van der Waals surface area contributed by atoms with Gasteiger partial charge in [0, 0.05) is 6.54 Å². The van der Waals surface area contributed by atoms with E-state index in [1.165, 1.54) is 0 Å². The summed E-state index contributed by atoms with van der Waals surface area (Å²) in [5, 5.41) is 13.5. The Kier molecular flexibility index (Phi) is 3.94. The van der Waals surface area contributed by atoms with Gasteiger partial charge >= 0.3 is 16.9 Å². The van der Waals surface area contributed by atoms with E-state index in [0.29, 0.717) is 13.0 Å². The van der Waals surface area contributed by atoms with Gasteiger partial charge in [0.1, 0.15) is 0 Å². The molecule has 0 unspecified atom stereocenters. The summed E-state index contributed by atoms with van der Waals surface area (Å²) in [6.45, 7) is 0.351. The largest absolute Gasteiger partial charge is 0.373 e. The van der Waals surface area contributed by atoms with Gasteiger partial charge in [0.05, 0.1) is 4.92 Å². The number of aromatic amines is 2. The van der Waals surface area contributed by atoms with Crippen molar-refractivity contribution in [3.8, 4) is 0 Å². The van der Waals surface area contributed by atoms with Crippen LogP contribution in [0.5, 0.6) is 0 Å². The molecule has 0 spiro atoms. The van der Waals surface area contributed by atoms with Crippen molar-refractivity contribution in [2.24, 2.45) is 0 Å². The zero-order valence-electron chi connectivity index (χ0n) is 10.4. The molecule has 1 aromatic heterocycles. The van der Waals surface area contributed by atoms with Crippen molar-refractivity contribution < 1.29 is 4.92 Å². The summed E-state index contributed by atoms with van der Waals surface area (Å²) in [7, 11) is 0. The topological polar surface area (TPSA) is 121 Å². The van der Waals surface area contributed by atoms with Crippen LogP contribution < -0.4 is 16.6 Å². The molecule has 3 N–H and O–H groups in total. The zero-order chi connectivity index (χ0) is 14.5. The van der Waals surface area contributed by atoms with Gasteiger partial charge in [0.2, 0.25) is 0 Å². The lowest BCUT2D eigenvalue weighted by Gasteiger charge is -2.06. The lowest BCUT2D eigenvalue weighted by atomic mass is 10.1. The molecule has 1 aromatic carbocycles. The van der Waals surface area contributed by atoms with Gasteiger partial charge in [-0.15, -0.1) is 0 Å². The van der Waals surface area contributed by atoms with E-state index in [9.17, 15) is 19.7 Å². The second-order valence-electron chi connectivity index (χ2n) is 4.05. The standard InChI is InChI=1S/C12H12N4O4/c17-11-9(16(19)20)10(14-12(18)15-11)13-7-6-8-4-2-1-3-5-8/h1-5H,6-7H2,(H3,13,14,15,17,18). The minimum absolute atomic E-state index is 0.181. The molecule has 0 amide bonds. The molecule has 0 saturated carbocycles. The number of nitrogens with zero attached hydrogens (tertiary/aromatic N) is 1. The van der Waals surface area contributed by atoms with E-state index in [-0.39, 0.29) is 5.82 Å². The van der Waals surface area contributed by atoms with Crippen LogP contribution >= 0.6 is 0 Å². The van der Waals surface area contributed by atoms with Gasteiger partial charge in [-0.2, -0.15) is 0 Å². The average molecular weight is 276 g/mol. The molecule has 2 aromatic rings. The number of anilines is 1. The first-order valence-electron chi connectivity index (χ1n) is 5.86. The average Bonchev–Trinajstić information content (AvgIpc) is 2.38. The highest BCUT2D eigenvalue weighted by molar-refractivity contribution is 5.53. The third-order valence-electron chi connectivity index (χ3n) is 2.66. The van der Waals surface area contributed by atoms with Crippen LogP contribution in [0.2, 0.25) is 0 Å². The quantitative estimate of drug-likeness (QED) is 0.546. The minimum atomic E-state index is -1.03. The highest BCUT2D eigenvalue weighted by atomic mass is 16.6. The predicted molar refractivity (Wildman–Crippen MR) is 73.0 cm³/mol. The number of aromatic nitrogens is 2. The van der Waals surface area contributed by atoms with Crippen molar-refractivity contribution in [3.63, 3.8) is 0 Å². The minimum Gasteiger partial charge on any atom is -0.365 e. The molecule has 1 heterocycles. The second-order valence-corrected chi connectivity index (χ2v) is 4.05. The fraction of sp³-hybridized carbons (Fsp3) is 0.167. The molecule has 0 aliphatic heterocycles. The molecule has 0 radical (unpaired) electrons. The second kappa shape index (κ2) is 5.83. The number of benzene rings is 1. The SMILES string of the molecule is O=c1[nH]c(NCCc2ccccc2)c([N+](=O)[O-])c(=O)[nH]1. The van der Waals surface area contributed by atoms with Crippen LogP contribution in [0.4, 0.5) is 11.5 Å². The summed E-state index contributed by atoms with van der Waals surface area (Å²) in [6.07, 6.45) is 0.604. The first-order valence-corrected chi connectivity index (χ1v) is 5.86. The molecule has 0 aliphatic rings. The summed E-state index contributed by atoms with van der Waals surface area (Å²) >= 11 is 0. The van der Waals surface area contributed by atoms with E-state index in [4.69, 9.17) is 0 Å². The Morgan fingerprint density at radius 3 is 2.50 bits per heavy atom. The number of nitrogens with one attached hydrogen (secondary N) is 3. The van der Waals surface area contributed by atoms with E-state index in [0.717, 1.165) is 5.56 Å². The number of rotatable bonds is 5. The normalized spacial score (nSPS) is 10.2. The van der Waals surface area contributed by atoms with Crippen LogP contribution in [0, 0.1) is 10.1 Å². The van der Waals surface area contributed by atoms with Gasteiger partial charge < -0.3 is 5.32 Å². The van der Waals surface area contributed by atoms with Crippen LogP contribution in [0.25, 0.3) is 0 Å². The van der Waals surface area contributed by atoms with Gasteiger partial charge in [0.15, 0.2) is 5.82 Å². The summed E-state index contributed by atoms with van der Waals surface area (Å²) in [6, 6.07) is 9.48. The van der Waals surface area contributed by atoms with Gasteiger partial charge in [-0.25, -0.2) is 4.79 Å². The maximum absolute atomic E-state index is 11.4. The number of nitro groups is 1. The Hall–Kier alpha value is -2.90. The Bertz CT molecular complexity index is 720. The monoisotopic (exact) mass is 276 g/mol. The smallest absolute Gasteiger partial charge is 0.365 e. The summed E-state index contributed by atoms with van der Waals surface area (Å²) < 4.78 is 0. The molecule has 0 bridgehead atoms. The number of hydrogen-bond donors (Lipinski definition) is 3. The van der Waals surface area contributed by atoms with Gasteiger partial charge in [-0.05, 0) is 12.0 Å². The van der Waals surface area contributed by atoms with Crippen molar-refractivity contribution in [2.45, 2.75) is 6.42 Å². The summed E-state index contributed by atoms with van der Waals surface area (Å²) in [4.78, 5) is 36.5. The van der Waals surface area contributed by atoms with Crippen molar-refractivity contribution >= 4 is 11.5 Å². The van der Waals surface area contributed by atoms with E-state index >= 15 is 0 Å². The lowest BCUT2D eigenvalue weighted by Crippen LogP contribution is -2.27. The Balaban J connectivity index is 2.15. The molecule has 8 heteroatoms. The molecule has 0 fully saturated rings. The molecule has 104 valence electrons. The molecular weight excluding hydrogens is 264 g/mol. The lowest BCUT2D eigenvalue weighted by molar-refractivity contribution is -0.385. The van der Waals surface area contributed by atoms with E-state index < -0.39 is 21.9 Å². The fourth-order valence-electron chi connectivity index (χ4n) is 1.76. The van der Waals surface area contributed by atoms with E-state index in [2.05, 4.69) is 10.3 Å². The van der Waals surface area contributed by atoms with Crippen LogP contribution in [0.3, 0.4) is 0 Å². The first kappa shape index (κ1) is 13.5. The molecule has 0 atom stereocenters. The van der Waals surface area contributed by atoms with Crippen molar-refractivity contribution in [3.05, 3.63) is 66.8 Å². The fourth-order valence-corrected chi connectivity index (χ4v) is 1.76. The Labute approximate surface area is 112 Å². The van der Waals surface area contributed by atoms with Gasteiger partial charge in [-0.3, -0.25) is 24.9 Å². The van der Waals surface area contributed by atoms with Crippen LogP contribution in [0.1, 0.15) is 5.56 Å². The summed E-state index contributed by atoms with van der Waals surface area (Å²) in [5.74, 6) is -0.181. The molecule has 2 rings (SSSR count). The molecule has 0 aliphatic carbocycles. The van der Waals surface area contributed by atoms with Crippen molar-refractivity contribution in [2.75, 3.05) is 11.9 Å². The molecule has 20 heavy (non-hydrogen) atoms. The summed E-state index contributed by atoms with van der Waals surface area (Å²) in [5.41, 5.74) is -1.48. The molecule has 0 saturated heterocycles. The zero-order valence-corrected chi connectivity index (χ0v) is 10.4. The highest BCUT2D eigenvalue weighted by Crippen LogP contribution is 2.13. The Morgan fingerprint density at radius 2 is 1.85 bits per heavy atom. The maximum Gasteiger partial charge on any atom is 0.373 e. The van der Waals surface area contributed by atoms with E-state index in [1.54, 1.807) is 0 Å². The first-order chi connectivity index (χ1) is 9.58. The van der Waals surface area contributed by atoms with Gasteiger partial charge in [-0.1, -0.05) is 30.3 Å². The van der Waals surface area contributed by atoms with Crippen LogP contribution in [0.15, 0.2) is 39.9 Å². The molecule has 8 nitrogen and oxygen atoms in total. The van der Waals surface area contributed by atoms with Crippen molar-refractivity contribution in [1.29, 1.82) is 0 Å². The number of hydrogen-bond acceptors (Lipinski definition) is 5. The third kappa shape index (κ3) is 3.10. The predicted octanol–water partition coefficient (Wildman–Crippen LogP) is 0.626. The molecular formula is C12H12N4O4. The highest BCUT2D eigenvalue weighted by Gasteiger charge is 2.20.